The lowest BCUT2D eigenvalue weighted by Crippen LogP contribution is -2.30. The molecule has 0 radical (unpaired) electrons. The van der Waals surface area contributed by atoms with Crippen molar-refractivity contribution in [3.63, 3.8) is 0 Å². The number of aliphatic imine (C=N–C) groups is 1. The monoisotopic (exact) mass is 408 g/mol. The van der Waals surface area contributed by atoms with Crippen molar-refractivity contribution < 1.29 is 14.3 Å². The van der Waals surface area contributed by atoms with E-state index in [4.69, 9.17) is 21.7 Å². The molecule has 0 saturated heterocycles. The van der Waals surface area contributed by atoms with E-state index in [1.54, 1.807) is 30.3 Å². The summed E-state index contributed by atoms with van der Waals surface area (Å²) in [6.07, 6.45) is 0. The summed E-state index contributed by atoms with van der Waals surface area (Å²) in [7, 11) is 0. The van der Waals surface area contributed by atoms with Crippen LogP contribution in [0, 0.1) is 5.82 Å². The molecule has 0 atom stereocenters. The number of carboxylic acids is 1. The SMILES string of the molecule is CC1(C)N=C(c2ccc(-c3ccc(C(=O)O)cc3)cc2F)Nc2c(Cl)cccc21. The highest BCUT2D eigenvalue weighted by molar-refractivity contribution is 6.34. The third-order valence-electron chi connectivity index (χ3n) is 5.00. The molecule has 29 heavy (non-hydrogen) atoms. The molecule has 0 aromatic heterocycles. The van der Waals surface area contributed by atoms with Gasteiger partial charge >= 0.3 is 5.97 Å². The van der Waals surface area contributed by atoms with Crippen LogP contribution in [0.15, 0.2) is 65.7 Å². The van der Waals surface area contributed by atoms with E-state index < -0.39 is 17.3 Å². The third kappa shape index (κ3) is 3.49. The Hall–Kier alpha value is -3.18. The summed E-state index contributed by atoms with van der Waals surface area (Å²) in [5, 5.41) is 12.7. The van der Waals surface area contributed by atoms with Gasteiger partial charge in [0.05, 0.1) is 27.4 Å². The van der Waals surface area contributed by atoms with Gasteiger partial charge in [-0.2, -0.15) is 0 Å². The Balaban J connectivity index is 1.71. The standard InChI is InChI=1S/C23H18ClFN2O2/c1-23(2)17-4-3-5-18(24)20(17)26-21(27-23)16-11-10-15(12-19(16)25)13-6-8-14(9-7-13)22(28)29/h3-12H,1-2H3,(H,26,27)(H,28,29). The number of benzene rings is 3. The minimum absolute atomic E-state index is 0.185. The number of rotatable bonds is 3. The fraction of sp³-hybridized carbons (Fsp3) is 0.130. The molecule has 0 unspecified atom stereocenters. The number of fused-ring (bicyclic) bond motifs is 1. The number of hydrogen-bond acceptors (Lipinski definition) is 3. The van der Waals surface area contributed by atoms with Crippen molar-refractivity contribution in [2.75, 3.05) is 5.32 Å². The molecule has 1 aliphatic rings. The topological polar surface area (TPSA) is 61.7 Å². The van der Waals surface area contributed by atoms with Gasteiger partial charge in [0.2, 0.25) is 0 Å². The van der Waals surface area contributed by atoms with Crippen LogP contribution in [-0.2, 0) is 5.54 Å². The summed E-state index contributed by atoms with van der Waals surface area (Å²) in [6, 6.07) is 16.8. The van der Waals surface area contributed by atoms with Crippen LogP contribution in [0.25, 0.3) is 11.1 Å². The lowest BCUT2D eigenvalue weighted by Gasteiger charge is -2.31. The summed E-state index contributed by atoms with van der Waals surface area (Å²) in [5.41, 5.74) is 3.03. The maximum Gasteiger partial charge on any atom is 0.335 e. The number of hydrogen-bond donors (Lipinski definition) is 2. The lowest BCUT2D eigenvalue weighted by molar-refractivity contribution is 0.0697. The number of nitrogens with one attached hydrogen (secondary N) is 1. The van der Waals surface area contributed by atoms with Gasteiger partial charge in [-0.3, -0.25) is 4.99 Å². The van der Waals surface area contributed by atoms with Gasteiger partial charge in [0, 0.05) is 5.56 Å². The van der Waals surface area contributed by atoms with E-state index in [1.807, 2.05) is 26.0 Å². The number of anilines is 1. The van der Waals surface area contributed by atoms with Gasteiger partial charge in [0.1, 0.15) is 11.7 Å². The van der Waals surface area contributed by atoms with Crippen LogP contribution in [0.4, 0.5) is 10.1 Å². The maximum absolute atomic E-state index is 15.0. The highest BCUT2D eigenvalue weighted by Crippen LogP contribution is 2.40. The molecule has 0 saturated carbocycles. The van der Waals surface area contributed by atoms with Crippen LogP contribution in [0.1, 0.15) is 35.3 Å². The summed E-state index contributed by atoms with van der Waals surface area (Å²) in [5.74, 6) is -1.01. The van der Waals surface area contributed by atoms with Crippen molar-refractivity contribution in [2.45, 2.75) is 19.4 Å². The molecule has 0 bridgehead atoms. The molecule has 3 aromatic carbocycles. The smallest absolute Gasteiger partial charge is 0.335 e. The van der Waals surface area contributed by atoms with Crippen LogP contribution >= 0.6 is 11.6 Å². The Morgan fingerprint density at radius 3 is 2.41 bits per heavy atom. The Kier molecular flexibility index (Phi) is 4.63. The molecule has 0 spiro atoms. The highest BCUT2D eigenvalue weighted by Gasteiger charge is 2.30. The van der Waals surface area contributed by atoms with Crippen molar-refractivity contribution >= 4 is 29.1 Å². The molecular formula is C23H18ClFN2O2. The molecule has 146 valence electrons. The molecule has 3 aromatic rings. The molecular weight excluding hydrogens is 391 g/mol. The molecule has 6 heteroatoms. The molecule has 0 fully saturated rings. The second-order valence-electron chi connectivity index (χ2n) is 7.38. The van der Waals surface area contributed by atoms with Crippen molar-refractivity contribution in [3.05, 3.63) is 88.2 Å². The first-order valence-corrected chi connectivity index (χ1v) is 9.43. The number of halogens is 2. The quantitative estimate of drug-likeness (QED) is 0.562. The fourth-order valence-corrected chi connectivity index (χ4v) is 3.69. The largest absolute Gasteiger partial charge is 0.478 e. The van der Waals surface area contributed by atoms with Crippen molar-refractivity contribution in [1.29, 1.82) is 0 Å². The second-order valence-corrected chi connectivity index (χ2v) is 7.79. The molecule has 0 aliphatic carbocycles. The first-order chi connectivity index (χ1) is 13.8. The Bertz CT molecular complexity index is 1150. The first kappa shape index (κ1) is 19.2. The zero-order valence-electron chi connectivity index (χ0n) is 15.8. The van der Waals surface area contributed by atoms with Gasteiger partial charge in [0.25, 0.3) is 0 Å². The van der Waals surface area contributed by atoms with E-state index >= 15 is 4.39 Å². The summed E-state index contributed by atoms with van der Waals surface area (Å²) in [4.78, 5) is 15.7. The number of nitrogens with zero attached hydrogens (tertiary/aromatic N) is 1. The number of para-hydroxylation sites is 1. The molecule has 0 amide bonds. The molecule has 1 aliphatic heterocycles. The van der Waals surface area contributed by atoms with Gasteiger partial charge in [-0.25, -0.2) is 9.18 Å². The Morgan fingerprint density at radius 1 is 1.07 bits per heavy atom. The number of carboxylic acid groups (broad SMARTS) is 1. The minimum atomic E-state index is -0.999. The van der Waals surface area contributed by atoms with Gasteiger partial charge in [-0.1, -0.05) is 41.9 Å². The van der Waals surface area contributed by atoms with Crippen LogP contribution in [-0.4, -0.2) is 16.9 Å². The molecule has 2 N–H and O–H groups in total. The normalized spacial score (nSPS) is 14.6. The number of carbonyl (C=O) groups is 1. The van der Waals surface area contributed by atoms with Gasteiger partial charge in [-0.05, 0) is 55.3 Å². The average molecular weight is 409 g/mol. The zero-order chi connectivity index (χ0) is 20.8. The Labute approximate surface area is 172 Å². The molecule has 4 nitrogen and oxygen atoms in total. The summed E-state index contributed by atoms with van der Waals surface area (Å²) < 4.78 is 15.0. The second kappa shape index (κ2) is 7.01. The van der Waals surface area contributed by atoms with Gasteiger partial charge in [0.15, 0.2) is 0 Å². The third-order valence-corrected chi connectivity index (χ3v) is 5.31. The summed E-state index contributed by atoms with van der Waals surface area (Å²) in [6.45, 7) is 3.92. The lowest BCUT2D eigenvalue weighted by atomic mass is 9.91. The van der Waals surface area contributed by atoms with E-state index in [-0.39, 0.29) is 5.56 Å². The molecule has 4 rings (SSSR count). The number of amidine groups is 1. The minimum Gasteiger partial charge on any atom is -0.478 e. The predicted octanol–water partition coefficient (Wildman–Crippen LogP) is 5.95. The Morgan fingerprint density at radius 2 is 1.76 bits per heavy atom. The van der Waals surface area contributed by atoms with Crippen molar-refractivity contribution in [2.24, 2.45) is 4.99 Å². The van der Waals surface area contributed by atoms with Crippen LogP contribution in [0.5, 0.6) is 0 Å². The van der Waals surface area contributed by atoms with Crippen molar-refractivity contribution in [3.8, 4) is 11.1 Å². The van der Waals surface area contributed by atoms with Gasteiger partial charge in [-0.15, -0.1) is 0 Å². The average Bonchev–Trinajstić information content (AvgIpc) is 2.68. The van der Waals surface area contributed by atoms with Crippen molar-refractivity contribution in [1.82, 2.24) is 0 Å². The maximum atomic E-state index is 15.0. The van der Waals surface area contributed by atoms with Gasteiger partial charge < -0.3 is 10.4 Å². The van der Waals surface area contributed by atoms with E-state index in [1.165, 1.54) is 18.2 Å². The van der Waals surface area contributed by atoms with Crippen LogP contribution < -0.4 is 5.32 Å². The molecule has 1 heterocycles. The first-order valence-electron chi connectivity index (χ1n) is 9.06. The van der Waals surface area contributed by atoms with E-state index in [0.717, 1.165) is 16.8 Å². The van der Waals surface area contributed by atoms with E-state index in [9.17, 15) is 4.79 Å². The zero-order valence-corrected chi connectivity index (χ0v) is 16.6. The van der Waals surface area contributed by atoms with Crippen LogP contribution in [0.2, 0.25) is 5.02 Å². The predicted molar refractivity (Wildman–Crippen MR) is 113 cm³/mol. The van der Waals surface area contributed by atoms with E-state index in [0.29, 0.717) is 22.0 Å². The summed E-state index contributed by atoms with van der Waals surface area (Å²) >= 11 is 6.35. The highest BCUT2D eigenvalue weighted by atomic mass is 35.5. The number of aromatic carboxylic acids is 1. The van der Waals surface area contributed by atoms with E-state index in [2.05, 4.69) is 5.32 Å². The fourth-order valence-electron chi connectivity index (χ4n) is 3.47. The van der Waals surface area contributed by atoms with Crippen LogP contribution in [0.3, 0.4) is 0 Å².